The third-order valence-corrected chi connectivity index (χ3v) is 5.11. The zero-order valence-electron chi connectivity index (χ0n) is 18.5. The van der Waals surface area contributed by atoms with Crippen LogP contribution in [0.25, 0.3) is 0 Å². The molecular formula is C19H38N6O6S. The highest BCUT2D eigenvalue weighted by molar-refractivity contribution is 7.80. The van der Waals surface area contributed by atoms with Crippen LogP contribution in [0.5, 0.6) is 0 Å². The molecule has 5 unspecified atom stereocenters. The summed E-state index contributed by atoms with van der Waals surface area (Å²) in [5, 5.41) is 26.3. The van der Waals surface area contributed by atoms with Crippen LogP contribution in [0.15, 0.2) is 0 Å². The summed E-state index contributed by atoms with van der Waals surface area (Å²) in [6.45, 7) is 2.16. The Hall–Kier alpha value is -1.93. The Labute approximate surface area is 193 Å². The number of nitrogens with one attached hydrogen (secondary N) is 3. The third-order valence-electron chi connectivity index (χ3n) is 4.75. The molecule has 0 aliphatic heterocycles. The topological polar surface area (TPSA) is 223 Å². The molecule has 32 heavy (non-hydrogen) atoms. The summed E-state index contributed by atoms with van der Waals surface area (Å²) in [4.78, 5) is 48.8. The van der Waals surface area contributed by atoms with Gasteiger partial charge in [0, 0.05) is 5.75 Å². The second-order valence-electron chi connectivity index (χ2n) is 7.55. The van der Waals surface area contributed by atoms with Crippen LogP contribution in [-0.2, 0) is 19.2 Å². The monoisotopic (exact) mass is 478 g/mol. The van der Waals surface area contributed by atoms with Crippen molar-refractivity contribution in [2.24, 2.45) is 17.2 Å². The average molecular weight is 479 g/mol. The van der Waals surface area contributed by atoms with Crippen LogP contribution in [-0.4, -0.2) is 83.0 Å². The van der Waals surface area contributed by atoms with Crippen LogP contribution in [0.3, 0.4) is 0 Å². The number of carboxylic acids is 1. The van der Waals surface area contributed by atoms with Gasteiger partial charge in [0.2, 0.25) is 17.7 Å². The molecule has 0 saturated carbocycles. The van der Waals surface area contributed by atoms with Crippen molar-refractivity contribution in [3.63, 3.8) is 0 Å². The maximum absolute atomic E-state index is 12.8. The first-order chi connectivity index (χ1) is 15.1. The number of aliphatic carboxylic acids is 1. The van der Waals surface area contributed by atoms with Crippen molar-refractivity contribution in [1.82, 2.24) is 16.0 Å². The number of rotatable bonds is 17. The number of hydrogen-bond acceptors (Lipinski definition) is 9. The van der Waals surface area contributed by atoms with E-state index in [-0.39, 0.29) is 12.2 Å². The number of carboxylic acid groups (broad SMARTS) is 1. The Morgan fingerprint density at radius 2 is 1.38 bits per heavy atom. The summed E-state index contributed by atoms with van der Waals surface area (Å²) in [5.74, 6) is -3.54. The van der Waals surface area contributed by atoms with Gasteiger partial charge in [-0.25, -0.2) is 4.79 Å². The van der Waals surface area contributed by atoms with Gasteiger partial charge in [-0.1, -0.05) is 6.42 Å². The molecule has 3 amide bonds. The van der Waals surface area contributed by atoms with Crippen LogP contribution < -0.4 is 33.2 Å². The predicted molar refractivity (Wildman–Crippen MR) is 123 cm³/mol. The molecule has 13 heteroatoms. The number of carbonyl (C=O) groups is 4. The highest BCUT2D eigenvalue weighted by atomic mass is 32.1. The van der Waals surface area contributed by atoms with Gasteiger partial charge < -0.3 is 43.4 Å². The summed E-state index contributed by atoms with van der Waals surface area (Å²) in [7, 11) is 0. The van der Waals surface area contributed by atoms with E-state index in [4.69, 9.17) is 22.3 Å². The zero-order valence-corrected chi connectivity index (χ0v) is 19.4. The molecule has 0 radical (unpaired) electrons. The molecule has 0 aromatic carbocycles. The van der Waals surface area contributed by atoms with Crippen LogP contribution >= 0.6 is 12.6 Å². The van der Waals surface area contributed by atoms with E-state index in [9.17, 15) is 24.3 Å². The third kappa shape index (κ3) is 11.6. The molecule has 0 heterocycles. The molecule has 0 fully saturated rings. The molecule has 186 valence electrons. The van der Waals surface area contributed by atoms with Crippen molar-refractivity contribution in [2.75, 3.05) is 18.8 Å². The Kier molecular flexibility index (Phi) is 15.7. The highest BCUT2D eigenvalue weighted by Crippen LogP contribution is 2.05. The summed E-state index contributed by atoms with van der Waals surface area (Å²) in [6, 6.07) is -4.57. The smallest absolute Gasteiger partial charge is 0.327 e. The van der Waals surface area contributed by atoms with Crippen molar-refractivity contribution in [1.29, 1.82) is 0 Å². The minimum Gasteiger partial charge on any atom is -0.480 e. The van der Waals surface area contributed by atoms with Gasteiger partial charge in [-0.3, -0.25) is 14.4 Å². The molecule has 12 nitrogen and oxygen atoms in total. The van der Waals surface area contributed by atoms with E-state index in [1.165, 1.54) is 6.92 Å². The van der Waals surface area contributed by atoms with Crippen molar-refractivity contribution in [3.8, 4) is 0 Å². The van der Waals surface area contributed by atoms with E-state index < -0.39 is 54.0 Å². The maximum Gasteiger partial charge on any atom is 0.327 e. The SMILES string of the molecule is CC(O)C(NC(=O)C(N)CCCCN)C(=O)NC(CCCCN)C(=O)NC(CS)C(=O)O. The first kappa shape index (κ1) is 30.1. The first-order valence-electron chi connectivity index (χ1n) is 10.7. The fraction of sp³-hybridized carbons (Fsp3) is 0.789. The highest BCUT2D eigenvalue weighted by Gasteiger charge is 2.32. The number of nitrogens with two attached hydrogens (primary N) is 3. The normalized spacial score (nSPS) is 15.7. The van der Waals surface area contributed by atoms with Gasteiger partial charge in [0.25, 0.3) is 0 Å². The molecule has 5 atom stereocenters. The van der Waals surface area contributed by atoms with Gasteiger partial charge in [-0.05, 0) is 52.1 Å². The van der Waals surface area contributed by atoms with Crippen molar-refractivity contribution < 1.29 is 29.4 Å². The second-order valence-corrected chi connectivity index (χ2v) is 7.91. The molecule has 0 aromatic rings. The molecular weight excluding hydrogens is 440 g/mol. The summed E-state index contributed by atoms with van der Waals surface area (Å²) >= 11 is 3.90. The van der Waals surface area contributed by atoms with E-state index >= 15 is 0 Å². The Morgan fingerprint density at radius 3 is 1.84 bits per heavy atom. The van der Waals surface area contributed by atoms with Crippen molar-refractivity contribution in [2.45, 2.75) is 75.7 Å². The van der Waals surface area contributed by atoms with Gasteiger partial charge in [0.05, 0.1) is 12.1 Å². The standard InChI is InChI=1S/C19H38N6O6S/c1-11(26)15(25-16(27)12(22)6-2-4-8-20)18(29)23-13(7-3-5-9-21)17(28)24-14(10-32)19(30)31/h11-15,26,32H,2-10,20-22H2,1H3,(H,23,29)(H,24,28)(H,25,27)(H,30,31). The molecule has 0 saturated heterocycles. The van der Waals surface area contributed by atoms with Crippen LogP contribution in [0.1, 0.15) is 45.4 Å². The van der Waals surface area contributed by atoms with E-state index in [1.807, 2.05) is 0 Å². The molecule has 0 rings (SSSR count). The zero-order chi connectivity index (χ0) is 24.7. The van der Waals surface area contributed by atoms with E-state index in [2.05, 4.69) is 28.6 Å². The van der Waals surface area contributed by atoms with Crippen molar-refractivity contribution in [3.05, 3.63) is 0 Å². The maximum atomic E-state index is 12.8. The Balaban J connectivity index is 5.24. The molecule has 0 aliphatic carbocycles. The van der Waals surface area contributed by atoms with Gasteiger partial charge in [0.15, 0.2) is 0 Å². The molecule has 0 spiro atoms. The van der Waals surface area contributed by atoms with E-state index in [1.54, 1.807) is 0 Å². The number of unbranched alkanes of at least 4 members (excludes halogenated alkanes) is 2. The average Bonchev–Trinajstić information content (AvgIpc) is 2.74. The van der Waals surface area contributed by atoms with Crippen LogP contribution in [0.2, 0.25) is 0 Å². The lowest BCUT2D eigenvalue weighted by molar-refractivity contribution is -0.141. The Morgan fingerprint density at radius 1 is 0.844 bits per heavy atom. The fourth-order valence-electron chi connectivity index (χ4n) is 2.79. The molecule has 0 aromatic heterocycles. The van der Waals surface area contributed by atoms with Crippen molar-refractivity contribution >= 4 is 36.3 Å². The number of aliphatic hydroxyl groups is 1. The lowest BCUT2D eigenvalue weighted by Gasteiger charge is -2.26. The fourth-order valence-corrected chi connectivity index (χ4v) is 3.03. The number of carbonyl (C=O) groups excluding carboxylic acids is 3. The molecule has 11 N–H and O–H groups in total. The largest absolute Gasteiger partial charge is 0.480 e. The van der Waals surface area contributed by atoms with Gasteiger partial charge in [-0.15, -0.1) is 0 Å². The van der Waals surface area contributed by atoms with E-state index in [0.29, 0.717) is 45.2 Å². The lowest BCUT2D eigenvalue weighted by atomic mass is 10.1. The summed E-state index contributed by atoms with van der Waals surface area (Å²) < 4.78 is 0. The minimum absolute atomic E-state index is 0.140. The number of amides is 3. The molecule has 0 aliphatic rings. The quantitative estimate of drug-likeness (QED) is 0.0789. The van der Waals surface area contributed by atoms with Gasteiger partial charge in [0.1, 0.15) is 18.1 Å². The van der Waals surface area contributed by atoms with Gasteiger partial charge >= 0.3 is 5.97 Å². The van der Waals surface area contributed by atoms with Gasteiger partial charge in [-0.2, -0.15) is 12.6 Å². The Bertz CT molecular complexity index is 609. The number of hydrogen-bond donors (Lipinski definition) is 9. The predicted octanol–water partition coefficient (Wildman–Crippen LogP) is -2.58. The summed E-state index contributed by atoms with van der Waals surface area (Å²) in [6.07, 6.45) is 1.69. The number of aliphatic hydroxyl groups excluding tert-OH is 1. The number of thiol groups is 1. The van der Waals surface area contributed by atoms with Crippen LogP contribution in [0, 0.1) is 0 Å². The first-order valence-corrected chi connectivity index (χ1v) is 11.3. The van der Waals surface area contributed by atoms with Crippen LogP contribution in [0.4, 0.5) is 0 Å². The molecule has 0 bridgehead atoms. The summed E-state index contributed by atoms with van der Waals surface area (Å²) in [5.41, 5.74) is 16.7. The second kappa shape index (κ2) is 16.7. The minimum atomic E-state index is -1.35. The van der Waals surface area contributed by atoms with E-state index in [0.717, 1.165) is 0 Å². The lowest BCUT2D eigenvalue weighted by Crippen LogP contribution is -2.59.